The van der Waals surface area contributed by atoms with E-state index in [0.717, 1.165) is 6.54 Å². The van der Waals surface area contributed by atoms with Gasteiger partial charge < -0.3 is 10.6 Å². The van der Waals surface area contributed by atoms with Crippen LogP contribution in [-0.4, -0.2) is 29.0 Å². The third-order valence-corrected chi connectivity index (χ3v) is 3.27. The zero-order chi connectivity index (χ0) is 14.5. The molecule has 0 aromatic carbocycles. The minimum absolute atomic E-state index is 0.171. The molecular weight excluding hydrogens is 240 g/mol. The zero-order valence-electron chi connectivity index (χ0n) is 12.4. The number of nitrogens with zero attached hydrogens (tertiary/aromatic N) is 2. The average molecular weight is 264 g/mol. The predicted octanol–water partition coefficient (Wildman–Crippen LogP) is 2.32. The quantitative estimate of drug-likeness (QED) is 0.856. The van der Waals surface area contributed by atoms with E-state index in [0.29, 0.717) is 24.0 Å². The van der Waals surface area contributed by atoms with Gasteiger partial charge in [-0.25, -0.2) is 4.98 Å². The van der Waals surface area contributed by atoms with Crippen molar-refractivity contribution in [3.8, 4) is 0 Å². The Hall–Kier alpha value is -1.65. The summed E-state index contributed by atoms with van der Waals surface area (Å²) in [5.41, 5.74) is 0.518. The van der Waals surface area contributed by atoms with Gasteiger partial charge in [-0.05, 0) is 18.3 Å². The van der Waals surface area contributed by atoms with Crippen LogP contribution in [-0.2, 0) is 0 Å². The number of carbonyl (C=O) groups excluding carboxylic acids is 1. The first-order chi connectivity index (χ1) is 8.84. The Morgan fingerprint density at radius 2 is 2.05 bits per heavy atom. The predicted molar refractivity (Wildman–Crippen MR) is 77.1 cm³/mol. The van der Waals surface area contributed by atoms with Crippen molar-refractivity contribution in [3.05, 3.63) is 18.1 Å². The standard InChI is InChI=1S/C14H24N4O/c1-6-16-12-9-15-8-11(18-12)13(19)17-7-10(2)14(3,4)5/h8-10H,6-7H2,1-5H3,(H,16,18)(H,17,19). The summed E-state index contributed by atoms with van der Waals surface area (Å²) >= 11 is 0. The second-order valence-corrected chi connectivity index (χ2v) is 5.80. The maximum atomic E-state index is 12.0. The molecule has 1 aromatic rings. The molecule has 1 amide bonds. The van der Waals surface area contributed by atoms with Crippen molar-refractivity contribution in [2.45, 2.75) is 34.6 Å². The summed E-state index contributed by atoms with van der Waals surface area (Å²) in [4.78, 5) is 20.2. The third-order valence-electron chi connectivity index (χ3n) is 3.27. The highest BCUT2D eigenvalue weighted by molar-refractivity contribution is 5.92. The Morgan fingerprint density at radius 1 is 1.37 bits per heavy atom. The molecule has 1 aromatic heterocycles. The summed E-state index contributed by atoms with van der Waals surface area (Å²) in [6, 6.07) is 0. The second kappa shape index (κ2) is 6.50. The lowest BCUT2D eigenvalue weighted by Gasteiger charge is -2.27. The van der Waals surface area contributed by atoms with Gasteiger partial charge in [0.25, 0.3) is 5.91 Å². The van der Waals surface area contributed by atoms with Crippen molar-refractivity contribution in [3.63, 3.8) is 0 Å². The van der Waals surface area contributed by atoms with Gasteiger partial charge in [-0.15, -0.1) is 0 Å². The molecule has 106 valence electrons. The van der Waals surface area contributed by atoms with E-state index in [4.69, 9.17) is 0 Å². The highest BCUT2D eigenvalue weighted by Gasteiger charge is 2.20. The number of hydrogen-bond donors (Lipinski definition) is 2. The van der Waals surface area contributed by atoms with Crippen LogP contribution in [0.4, 0.5) is 5.82 Å². The van der Waals surface area contributed by atoms with Gasteiger partial charge in [-0.2, -0.15) is 0 Å². The Bertz CT molecular complexity index is 426. The van der Waals surface area contributed by atoms with Gasteiger partial charge in [0.2, 0.25) is 0 Å². The maximum absolute atomic E-state index is 12.0. The third kappa shape index (κ3) is 4.85. The number of rotatable bonds is 5. The summed E-state index contributed by atoms with van der Waals surface area (Å²) < 4.78 is 0. The van der Waals surface area contributed by atoms with Crippen molar-refractivity contribution in [2.24, 2.45) is 11.3 Å². The molecule has 5 heteroatoms. The van der Waals surface area contributed by atoms with Crippen LogP contribution < -0.4 is 10.6 Å². The molecule has 0 radical (unpaired) electrons. The fourth-order valence-electron chi connectivity index (χ4n) is 1.38. The number of amides is 1. The van der Waals surface area contributed by atoms with Crippen LogP contribution in [0.15, 0.2) is 12.4 Å². The lowest BCUT2D eigenvalue weighted by atomic mass is 9.82. The first-order valence-corrected chi connectivity index (χ1v) is 6.68. The van der Waals surface area contributed by atoms with E-state index in [2.05, 4.69) is 48.3 Å². The van der Waals surface area contributed by atoms with Crippen LogP contribution in [0.3, 0.4) is 0 Å². The number of anilines is 1. The van der Waals surface area contributed by atoms with E-state index < -0.39 is 0 Å². The fraction of sp³-hybridized carbons (Fsp3) is 0.643. The Balaban J connectivity index is 2.61. The normalized spacial score (nSPS) is 12.9. The summed E-state index contributed by atoms with van der Waals surface area (Å²) in [5, 5.41) is 5.94. The second-order valence-electron chi connectivity index (χ2n) is 5.80. The lowest BCUT2D eigenvalue weighted by Crippen LogP contribution is -2.34. The largest absolute Gasteiger partial charge is 0.369 e. The number of aromatic nitrogens is 2. The van der Waals surface area contributed by atoms with Crippen molar-refractivity contribution < 1.29 is 4.79 Å². The SMILES string of the molecule is CCNc1cncc(C(=O)NCC(C)C(C)(C)C)n1. The van der Waals surface area contributed by atoms with Crippen molar-refractivity contribution in [1.29, 1.82) is 0 Å². The van der Waals surface area contributed by atoms with E-state index >= 15 is 0 Å². The van der Waals surface area contributed by atoms with Crippen LogP contribution in [0.1, 0.15) is 45.1 Å². The van der Waals surface area contributed by atoms with E-state index in [9.17, 15) is 4.79 Å². The van der Waals surface area contributed by atoms with Gasteiger partial charge in [-0.1, -0.05) is 27.7 Å². The molecule has 0 saturated heterocycles. The van der Waals surface area contributed by atoms with E-state index in [1.165, 1.54) is 6.20 Å². The summed E-state index contributed by atoms with van der Waals surface area (Å²) in [6.45, 7) is 12.0. The van der Waals surface area contributed by atoms with Crippen molar-refractivity contribution >= 4 is 11.7 Å². The molecule has 5 nitrogen and oxygen atoms in total. The van der Waals surface area contributed by atoms with Crippen LogP contribution >= 0.6 is 0 Å². The van der Waals surface area contributed by atoms with Gasteiger partial charge in [0.05, 0.1) is 12.4 Å². The van der Waals surface area contributed by atoms with Gasteiger partial charge >= 0.3 is 0 Å². The molecule has 1 unspecified atom stereocenters. The van der Waals surface area contributed by atoms with E-state index in [1.807, 2.05) is 6.92 Å². The van der Waals surface area contributed by atoms with Gasteiger partial charge in [0.1, 0.15) is 11.5 Å². The Morgan fingerprint density at radius 3 is 2.63 bits per heavy atom. The molecule has 2 N–H and O–H groups in total. The van der Waals surface area contributed by atoms with Gasteiger partial charge in [-0.3, -0.25) is 9.78 Å². The smallest absolute Gasteiger partial charge is 0.271 e. The highest BCUT2D eigenvalue weighted by Crippen LogP contribution is 2.24. The van der Waals surface area contributed by atoms with Crippen molar-refractivity contribution in [2.75, 3.05) is 18.4 Å². The lowest BCUT2D eigenvalue weighted by molar-refractivity contribution is 0.0932. The van der Waals surface area contributed by atoms with Crippen LogP contribution in [0.5, 0.6) is 0 Å². The zero-order valence-corrected chi connectivity index (χ0v) is 12.4. The maximum Gasteiger partial charge on any atom is 0.271 e. The van der Waals surface area contributed by atoms with Gasteiger partial charge in [0.15, 0.2) is 0 Å². The monoisotopic (exact) mass is 264 g/mol. The molecule has 1 atom stereocenters. The molecule has 0 saturated carbocycles. The first kappa shape index (κ1) is 15.4. The number of hydrogen-bond acceptors (Lipinski definition) is 4. The summed E-state index contributed by atoms with van der Waals surface area (Å²) in [6.07, 6.45) is 3.09. The van der Waals surface area contributed by atoms with Crippen LogP contribution in [0.25, 0.3) is 0 Å². The van der Waals surface area contributed by atoms with E-state index in [1.54, 1.807) is 6.20 Å². The number of nitrogens with one attached hydrogen (secondary N) is 2. The van der Waals surface area contributed by atoms with E-state index in [-0.39, 0.29) is 11.3 Å². The summed E-state index contributed by atoms with van der Waals surface area (Å²) in [7, 11) is 0. The summed E-state index contributed by atoms with van der Waals surface area (Å²) in [5.74, 6) is 0.837. The molecule has 0 fully saturated rings. The molecule has 0 bridgehead atoms. The molecule has 1 rings (SSSR count). The first-order valence-electron chi connectivity index (χ1n) is 6.68. The molecule has 19 heavy (non-hydrogen) atoms. The average Bonchev–Trinajstić information content (AvgIpc) is 2.35. The van der Waals surface area contributed by atoms with Crippen LogP contribution in [0, 0.1) is 11.3 Å². The van der Waals surface area contributed by atoms with Crippen LogP contribution in [0.2, 0.25) is 0 Å². The number of carbonyl (C=O) groups is 1. The molecule has 1 heterocycles. The topological polar surface area (TPSA) is 66.9 Å². The van der Waals surface area contributed by atoms with Crippen molar-refractivity contribution in [1.82, 2.24) is 15.3 Å². The Labute approximate surface area is 115 Å². The molecule has 0 spiro atoms. The molecule has 0 aliphatic heterocycles. The molecule has 0 aliphatic carbocycles. The fourth-order valence-corrected chi connectivity index (χ4v) is 1.38. The highest BCUT2D eigenvalue weighted by atomic mass is 16.1. The minimum Gasteiger partial charge on any atom is -0.369 e. The van der Waals surface area contributed by atoms with Gasteiger partial charge in [0, 0.05) is 13.1 Å². The molecular formula is C14H24N4O. The molecule has 0 aliphatic rings. The minimum atomic E-state index is -0.177. The Kier molecular flexibility index (Phi) is 5.27.